The SMILES string of the molecule is CC(C)(C)n1nnc(CN2CCCC(c3nc4c(s3)CCC4)C2)n1. The van der Waals surface area contributed by atoms with E-state index in [-0.39, 0.29) is 5.54 Å². The Morgan fingerprint density at radius 1 is 1.21 bits per heavy atom. The highest BCUT2D eigenvalue weighted by atomic mass is 32.1. The van der Waals surface area contributed by atoms with Gasteiger partial charge in [0.25, 0.3) is 0 Å². The van der Waals surface area contributed by atoms with Crippen molar-refractivity contribution in [2.75, 3.05) is 13.1 Å². The highest BCUT2D eigenvalue weighted by Crippen LogP contribution is 2.35. The molecule has 2 aliphatic rings. The van der Waals surface area contributed by atoms with E-state index in [1.54, 1.807) is 4.80 Å². The second kappa shape index (κ2) is 6.19. The van der Waals surface area contributed by atoms with Gasteiger partial charge in [-0.1, -0.05) is 0 Å². The van der Waals surface area contributed by atoms with Gasteiger partial charge in [0.2, 0.25) is 0 Å². The average molecular weight is 347 g/mol. The van der Waals surface area contributed by atoms with Crippen LogP contribution in [0.15, 0.2) is 0 Å². The Morgan fingerprint density at radius 2 is 2.08 bits per heavy atom. The van der Waals surface area contributed by atoms with Crippen molar-refractivity contribution in [2.45, 2.75) is 70.9 Å². The van der Waals surface area contributed by atoms with Crippen molar-refractivity contribution in [3.05, 3.63) is 21.4 Å². The van der Waals surface area contributed by atoms with Crippen molar-refractivity contribution in [1.82, 2.24) is 30.1 Å². The standard InChI is InChI=1S/C17H26N6S/c1-17(2,3)23-20-15(19-21-23)11-22-9-5-6-12(10-22)16-18-13-7-4-8-14(13)24-16/h12H,4-11H2,1-3H3. The largest absolute Gasteiger partial charge is 0.295 e. The Labute approximate surface area is 147 Å². The van der Waals surface area contributed by atoms with Crippen LogP contribution in [-0.2, 0) is 24.9 Å². The molecule has 0 amide bonds. The van der Waals surface area contributed by atoms with E-state index in [0.29, 0.717) is 5.92 Å². The molecule has 1 fully saturated rings. The number of hydrogen-bond acceptors (Lipinski definition) is 6. The molecule has 3 heterocycles. The fraction of sp³-hybridized carbons (Fsp3) is 0.765. The fourth-order valence-corrected chi connectivity index (χ4v) is 4.86. The molecule has 0 saturated carbocycles. The number of fused-ring (bicyclic) bond motifs is 1. The third kappa shape index (κ3) is 3.24. The molecule has 7 heteroatoms. The molecule has 0 bridgehead atoms. The molecule has 24 heavy (non-hydrogen) atoms. The Kier molecular flexibility index (Phi) is 4.16. The molecular weight excluding hydrogens is 320 g/mol. The molecular formula is C17H26N6S. The summed E-state index contributed by atoms with van der Waals surface area (Å²) in [4.78, 5) is 10.7. The number of aromatic nitrogens is 5. The third-order valence-electron chi connectivity index (χ3n) is 4.89. The molecule has 1 unspecified atom stereocenters. The van der Waals surface area contributed by atoms with Crippen LogP contribution in [0, 0.1) is 0 Å². The van der Waals surface area contributed by atoms with E-state index in [2.05, 4.69) is 41.1 Å². The van der Waals surface area contributed by atoms with Gasteiger partial charge in [-0.25, -0.2) is 4.98 Å². The van der Waals surface area contributed by atoms with Crippen LogP contribution in [0.25, 0.3) is 0 Å². The lowest BCUT2D eigenvalue weighted by Gasteiger charge is -2.30. The molecule has 130 valence electrons. The topological polar surface area (TPSA) is 59.7 Å². The van der Waals surface area contributed by atoms with Crippen molar-refractivity contribution >= 4 is 11.3 Å². The average Bonchev–Trinajstić information content (AvgIpc) is 3.21. The Bertz CT molecular complexity index is 691. The predicted octanol–water partition coefficient (Wildman–Crippen LogP) is 2.75. The first-order valence-corrected chi connectivity index (χ1v) is 9.81. The normalized spacial score (nSPS) is 22.0. The van der Waals surface area contributed by atoms with Crippen molar-refractivity contribution in [1.29, 1.82) is 0 Å². The first kappa shape index (κ1) is 16.1. The minimum atomic E-state index is -0.114. The molecule has 2 aromatic rings. The van der Waals surface area contributed by atoms with Gasteiger partial charge in [-0.2, -0.15) is 4.80 Å². The zero-order valence-corrected chi connectivity index (χ0v) is 15.6. The number of aryl methyl sites for hydroxylation is 2. The van der Waals surface area contributed by atoms with E-state index >= 15 is 0 Å². The van der Waals surface area contributed by atoms with Gasteiger partial charge in [-0.05, 0) is 64.6 Å². The lowest BCUT2D eigenvalue weighted by molar-refractivity contribution is 0.194. The molecule has 1 aliphatic carbocycles. The van der Waals surface area contributed by atoms with E-state index in [1.807, 2.05) is 11.3 Å². The second-order valence-electron chi connectivity index (χ2n) is 8.02. The third-order valence-corrected chi connectivity index (χ3v) is 6.21. The number of likely N-dealkylation sites (tertiary alicyclic amines) is 1. The second-order valence-corrected chi connectivity index (χ2v) is 9.13. The van der Waals surface area contributed by atoms with Gasteiger partial charge in [0.15, 0.2) is 5.82 Å². The van der Waals surface area contributed by atoms with E-state index in [0.717, 1.165) is 25.5 Å². The molecule has 0 N–H and O–H groups in total. The first-order chi connectivity index (χ1) is 11.5. The van der Waals surface area contributed by atoms with Crippen LogP contribution in [0.4, 0.5) is 0 Å². The van der Waals surface area contributed by atoms with Crippen molar-refractivity contribution < 1.29 is 0 Å². The van der Waals surface area contributed by atoms with E-state index in [4.69, 9.17) is 4.98 Å². The number of thiazole rings is 1. The molecule has 6 nitrogen and oxygen atoms in total. The van der Waals surface area contributed by atoms with Crippen LogP contribution < -0.4 is 0 Å². The Morgan fingerprint density at radius 3 is 2.83 bits per heavy atom. The molecule has 4 rings (SSSR count). The maximum atomic E-state index is 4.94. The summed E-state index contributed by atoms with van der Waals surface area (Å²) >= 11 is 1.96. The Balaban J connectivity index is 1.42. The van der Waals surface area contributed by atoms with Gasteiger partial charge in [0.05, 0.1) is 22.8 Å². The summed E-state index contributed by atoms with van der Waals surface area (Å²) in [7, 11) is 0. The quantitative estimate of drug-likeness (QED) is 0.855. The Hall–Kier alpha value is -1.34. The van der Waals surface area contributed by atoms with Gasteiger partial charge in [0.1, 0.15) is 0 Å². The van der Waals surface area contributed by atoms with Crippen molar-refractivity contribution in [2.24, 2.45) is 0 Å². The summed E-state index contributed by atoms with van der Waals surface area (Å²) in [5, 5.41) is 14.4. The first-order valence-electron chi connectivity index (χ1n) is 8.99. The van der Waals surface area contributed by atoms with Crippen molar-refractivity contribution in [3.8, 4) is 0 Å². The lowest BCUT2D eigenvalue weighted by atomic mass is 9.99. The molecule has 0 aromatic carbocycles. The number of tetrazole rings is 1. The molecule has 2 aromatic heterocycles. The van der Waals surface area contributed by atoms with Crippen LogP contribution in [0.5, 0.6) is 0 Å². The van der Waals surface area contributed by atoms with Gasteiger partial charge >= 0.3 is 0 Å². The minimum Gasteiger partial charge on any atom is -0.295 e. The van der Waals surface area contributed by atoms with Crippen LogP contribution in [0.1, 0.15) is 67.4 Å². The van der Waals surface area contributed by atoms with Gasteiger partial charge in [0, 0.05) is 17.3 Å². The molecule has 1 saturated heterocycles. The molecule has 1 aliphatic heterocycles. The molecule has 0 spiro atoms. The fourth-order valence-electron chi connectivity index (χ4n) is 3.58. The maximum Gasteiger partial charge on any atom is 0.188 e. The highest BCUT2D eigenvalue weighted by molar-refractivity contribution is 7.11. The summed E-state index contributed by atoms with van der Waals surface area (Å²) in [6.45, 7) is 9.25. The number of rotatable bonds is 3. The van der Waals surface area contributed by atoms with Gasteiger partial charge < -0.3 is 0 Å². The lowest BCUT2D eigenvalue weighted by Crippen LogP contribution is -2.34. The zero-order chi connectivity index (χ0) is 16.7. The zero-order valence-electron chi connectivity index (χ0n) is 14.8. The predicted molar refractivity (Wildman–Crippen MR) is 94.2 cm³/mol. The smallest absolute Gasteiger partial charge is 0.188 e. The summed E-state index contributed by atoms with van der Waals surface area (Å²) in [6, 6.07) is 0. The highest BCUT2D eigenvalue weighted by Gasteiger charge is 2.27. The van der Waals surface area contributed by atoms with Gasteiger partial charge in [-0.3, -0.25) is 4.90 Å². The molecule has 1 atom stereocenters. The monoisotopic (exact) mass is 346 g/mol. The van der Waals surface area contributed by atoms with Crippen LogP contribution in [-0.4, -0.2) is 43.2 Å². The summed E-state index contributed by atoms with van der Waals surface area (Å²) in [5.41, 5.74) is 1.26. The van der Waals surface area contributed by atoms with Crippen molar-refractivity contribution in [3.63, 3.8) is 0 Å². The van der Waals surface area contributed by atoms with Crippen LogP contribution in [0.2, 0.25) is 0 Å². The summed E-state index contributed by atoms with van der Waals surface area (Å²) in [5.74, 6) is 1.40. The van der Waals surface area contributed by atoms with Gasteiger partial charge in [-0.15, -0.1) is 21.5 Å². The number of hydrogen-bond donors (Lipinski definition) is 0. The van der Waals surface area contributed by atoms with Crippen LogP contribution in [0.3, 0.4) is 0 Å². The minimum absolute atomic E-state index is 0.114. The summed E-state index contributed by atoms with van der Waals surface area (Å²) < 4.78 is 0. The number of nitrogens with zero attached hydrogens (tertiary/aromatic N) is 6. The van der Waals surface area contributed by atoms with E-state index in [1.165, 1.54) is 47.7 Å². The summed E-state index contributed by atoms with van der Waals surface area (Å²) in [6.07, 6.45) is 6.19. The van der Waals surface area contributed by atoms with E-state index < -0.39 is 0 Å². The van der Waals surface area contributed by atoms with Crippen LogP contribution >= 0.6 is 11.3 Å². The maximum absolute atomic E-state index is 4.94. The molecule has 0 radical (unpaired) electrons. The number of piperidine rings is 1. The van der Waals surface area contributed by atoms with E-state index in [9.17, 15) is 0 Å².